The van der Waals surface area contributed by atoms with Gasteiger partial charge >= 0.3 is 0 Å². The van der Waals surface area contributed by atoms with Crippen molar-refractivity contribution in [2.45, 2.75) is 13.0 Å². The molecule has 1 fully saturated rings. The van der Waals surface area contributed by atoms with E-state index in [4.69, 9.17) is 0 Å². The topological polar surface area (TPSA) is 22.6 Å². The minimum atomic E-state index is 0.430. The molecule has 0 spiro atoms. The van der Waals surface area contributed by atoms with Crippen LogP contribution >= 0.6 is 0 Å². The first kappa shape index (κ1) is 15.8. The van der Waals surface area contributed by atoms with Crippen molar-refractivity contribution in [2.24, 2.45) is 0 Å². The quantitative estimate of drug-likeness (QED) is 0.866. The highest BCUT2D eigenvalue weighted by molar-refractivity contribution is 5.59. The molecule has 0 N–H and O–H groups in total. The molecule has 4 heteroatoms. The lowest BCUT2D eigenvalue weighted by Crippen LogP contribution is -2.47. The van der Waals surface area contributed by atoms with Crippen molar-refractivity contribution >= 4 is 11.4 Å². The molecule has 0 radical (unpaired) electrons. The molecule has 2 aromatic rings. The lowest BCUT2D eigenvalue weighted by atomic mass is 10.1. The predicted octanol–water partition coefficient (Wildman–Crippen LogP) is 3.03. The molecule has 1 aromatic heterocycles. The number of nitrogens with zero attached hydrogens (tertiary/aromatic N) is 4. The average molecular weight is 310 g/mol. The van der Waals surface area contributed by atoms with Crippen LogP contribution in [0.3, 0.4) is 0 Å². The Morgan fingerprint density at radius 2 is 1.83 bits per heavy atom. The Morgan fingerprint density at radius 1 is 1.04 bits per heavy atom. The smallest absolute Gasteiger partial charge is 0.0387 e. The van der Waals surface area contributed by atoms with Crippen LogP contribution in [0.25, 0.3) is 0 Å². The molecule has 1 saturated heterocycles. The molecule has 1 atom stereocenters. The Hall–Kier alpha value is -2.07. The molecule has 1 aliphatic heterocycles. The van der Waals surface area contributed by atoms with E-state index in [1.165, 1.54) is 16.9 Å². The van der Waals surface area contributed by atoms with Gasteiger partial charge in [-0.05, 0) is 36.8 Å². The number of aromatic nitrogens is 1. The zero-order chi connectivity index (χ0) is 16.2. The van der Waals surface area contributed by atoms with E-state index in [0.29, 0.717) is 6.04 Å². The normalized spacial score (nSPS) is 17.1. The third-order valence-electron chi connectivity index (χ3n) is 4.74. The molecule has 0 saturated carbocycles. The summed E-state index contributed by atoms with van der Waals surface area (Å²) in [5.74, 6) is 0. The number of benzene rings is 1. The molecule has 4 nitrogen and oxygen atoms in total. The molecular weight excluding hydrogens is 284 g/mol. The Bertz CT molecular complexity index is 618. The maximum Gasteiger partial charge on any atom is 0.0387 e. The van der Waals surface area contributed by atoms with Crippen LogP contribution in [-0.4, -0.2) is 50.2 Å². The fraction of sp³-hybridized carbons (Fsp3) is 0.421. The molecule has 1 aromatic carbocycles. The van der Waals surface area contributed by atoms with E-state index < -0.39 is 0 Å². The van der Waals surface area contributed by atoms with E-state index in [2.05, 4.69) is 71.0 Å². The first-order valence-electron chi connectivity index (χ1n) is 8.31. The van der Waals surface area contributed by atoms with Gasteiger partial charge in [-0.3, -0.25) is 9.88 Å². The van der Waals surface area contributed by atoms with Crippen LogP contribution in [0.15, 0.2) is 48.8 Å². The lowest BCUT2D eigenvalue weighted by molar-refractivity contribution is 0.198. The summed E-state index contributed by atoms with van der Waals surface area (Å²) in [6, 6.07) is 13.4. The maximum atomic E-state index is 4.25. The number of hydrogen-bond acceptors (Lipinski definition) is 4. The average Bonchev–Trinajstić information content (AvgIpc) is 2.62. The third kappa shape index (κ3) is 3.64. The fourth-order valence-electron chi connectivity index (χ4n) is 3.17. The Labute approximate surface area is 139 Å². The van der Waals surface area contributed by atoms with Crippen molar-refractivity contribution < 1.29 is 0 Å². The summed E-state index contributed by atoms with van der Waals surface area (Å²) in [6.45, 7) is 6.59. The van der Waals surface area contributed by atoms with Gasteiger partial charge in [0.05, 0.1) is 0 Å². The largest absolute Gasteiger partial charge is 0.378 e. The molecule has 1 unspecified atom stereocenters. The number of piperazine rings is 1. The molecule has 2 heterocycles. The zero-order valence-electron chi connectivity index (χ0n) is 14.3. The van der Waals surface area contributed by atoms with E-state index in [1.54, 1.807) is 0 Å². The highest BCUT2D eigenvalue weighted by Crippen LogP contribution is 2.25. The second-order valence-electron chi connectivity index (χ2n) is 6.40. The summed E-state index contributed by atoms with van der Waals surface area (Å²) < 4.78 is 0. The minimum absolute atomic E-state index is 0.430. The molecule has 3 rings (SSSR count). The molecule has 1 aliphatic rings. The Morgan fingerprint density at radius 3 is 2.48 bits per heavy atom. The summed E-state index contributed by atoms with van der Waals surface area (Å²) in [7, 11) is 4.18. The minimum Gasteiger partial charge on any atom is -0.378 e. The lowest BCUT2D eigenvalue weighted by Gasteiger charge is -2.39. The molecule has 23 heavy (non-hydrogen) atoms. The van der Waals surface area contributed by atoms with Crippen molar-refractivity contribution in [3.63, 3.8) is 0 Å². The van der Waals surface area contributed by atoms with Crippen LogP contribution < -0.4 is 9.80 Å². The van der Waals surface area contributed by atoms with Crippen LogP contribution in [0, 0.1) is 0 Å². The maximum absolute atomic E-state index is 4.25. The molecular formula is C19H26N4. The number of rotatable bonds is 4. The summed E-state index contributed by atoms with van der Waals surface area (Å²) >= 11 is 0. The van der Waals surface area contributed by atoms with Gasteiger partial charge in [-0.25, -0.2) is 0 Å². The van der Waals surface area contributed by atoms with Crippen LogP contribution in [-0.2, 0) is 0 Å². The van der Waals surface area contributed by atoms with Crippen LogP contribution in [0.4, 0.5) is 11.4 Å². The van der Waals surface area contributed by atoms with Crippen molar-refractivity contribution in [1.29, 1.82) is 0 Å². The van der Waals surface area contributed by atoms with E-state index in [0.717, 1.165) is 26.2 Å². The van der Waals surface area contributed by atoms with Crippen LogP contribution in [0.2, 0.25) is 0 Å². The van der Waals surface area contributed by atoms with E-state index in [1.807, 2.05) is 18.5 Å². The number of hydrogen-bond donors (Lipinski definition) is 0. The van der Waals surface area contributed by atoms with Gasteiger partial charge in [-0.15, -0.1) is 0 Å². The number of anilines is 2. The van der Waals surface area contributed by atoms with Crippen molar-refractivity contribution in [1.82, 2.24) is 9.88 Å². The van der Waals surface area contributed by atoms with Crippen molar-refractivity contribution in [3.8, 4) is 0 Å². The molecule has 0 aliphatic carbocycles. The van der Waals surface area contributed by atoms with Gasteiger partial charge in [-0.2, -0.15) is 0 Å². The van der Waals surface area contributed by atoms with Gasteiger partial charge in [0.1, 0.15) is 0 Å². The number of pyridine rings is 1. The first-order valence-corrected chi connectivity index (χ1v) is 8.31. The van der Waals surface area contributed by atoms with E-state index in [-0.39, 0.29) is 0 Å². The zero-order valence-corrected chi connectivity index (χ0v) is 14.3. The standard InChI is InChI=1S/C19H26N4/c1-16(17-6-5-9-20-15-17)22-10-12-23(13-11-22)19-8-4-7-18(14-19)21(2)3/h4-9,14-16H,10-13H2,1-3H3. The SMILES string of the molecule is CC(c1cccnc1)N1CCN(c2cccc(N(C)C)c2)CC1. The Kier molecular flexibility index (Phi) is 4.82. The van der Waals surface area contributed by atoms with Crippen molar-refractivity contribution in [2.75, 3.05) is 50.1 Å². The highest BCUT2D eigenvalue weighted by Gasteiger charge is 2.22. The van der Waals surface area contributed by atoms with E-state index >= 15 is 0 Å². The predicted molar refractivity (Wildman–Crippen MR) is 97.2 cm³/mol. The summed E-state index contributed by atoms with van der Waals surface area (Å²) in [5.41, 5.74) is 3.88. The van der Waals surface area contributed by atoms with Crippen molar-refractivity contribution in [3.05, 3.63) is 54.4 Å². The van der Waals surface area contributed by atoms with Gasteiger partial charge in [0.2, 0.25) is 0 Å². The van der Waals surface area contributed by atoms with Gasteiger partial charge < -0.3 is 9.80 Å². The Balaban J connectivity index is 1.63. The summed E-state index contributed by atoms with van der Waals surface area (Å²) in [5, 5.41) is 0. The summed E-state index contributed by atoms with van der Waals surface area (Å²) in [4.78, 5) is 11.4. The molecule has 0 bridgehead atoms. The molecule has 0 amide bonds. The monoisotopic (exact) mass is 310 g/mol. The van der Waals surface area contributed by atoms with Gasteiger partial charge in [0.25, 0.3) is 0 Å². The van der Waals surface area contributed by atoms with E-state index in [9.17, 15) is 0 Å². The van der Waals surface area contributed by atoms with Gasteiger partial charge in [0, 0.05) is 70.1 Å². The molecule has 122 valence electrons. The first-order chi connectivity index (χ1) is 11.1. The van der Waals surface area contributed by atoms with Crippen LogP contribution in [0.5, 0.6) is 0 Å². The van der Waals surface area contributed by atoms with Gasteiger partial charge in [-0.1, -0.05) is 12.1 Å². The van der Waals surface area contributed by atoms with Gasteiger partial charge in [0.15, 0.2) is 0 Å². The summed E-state index contributed by atoms with van der Waals surface area (Å²) in [6.07, 6.45) is 3.82. The third-order valence-corrected chi connectivity index (χ3v) is 4.74. The second-order valence-corrected chi connectivity index (χ2v) is 6.40. The van der Waals surface area contributed by atoms with Crippen LogP contribution in [0.1, 0.15) is 18.5 Å². The second kappa shape index (κ2) is 7.01. The fourth-order valence-corrected chi connectivity index (χ4v) is 3.17. The highest BCUT2D eigenvalue weighted by atomic mass is 15.3.